The Bertz CT molecular complexity index is 482. The van der Waals surface area contributed by atoms with Gasteiger partial charge in [-0.2, -0.15) is 0 Å². The minimum absolute atomic E-state index is 0.0882. The number of methoxy groups -OCH3 is 1. The average molecular weight is 232 g/mol. The molecule has 4 heteroatoms. The van der Waals surface area contributed by atoms with E-state index in [1.54, 1.807) is 6.07 Å². The molecule has 0 radical (unpaired) electrons. The molecule has 0 amide bonds. The van der Waals surface area contributed by atoms with Crippen molar-refractivity contribution < 1.29 is 19.0 Å². The molecule has 0 saturated heterocycles. The van der Waals surface area contributed by atoms with Crippen LogP contribution in [-0.4, -0.2) is 26.3 Å². The first kappa shape index (κ1) is 11.3. The van der Waals surface area contributed by atoms with E-state index in [0.29, 0.717) is 19.0 Å². The number of rotatable bonds is 1. The van der Waals surface area contributed by atoms with E-state index in [-0.39, 0.29) is 12.4 Å². The van der Waals surface area contributed by atoms with Crippen LogP contribution < -0.4 is 9.47 Å². The Labute approximate surface area is 99.5 Å². The maximum atomic E-state index is 10.9. The van der Waals surface area contributed by atoms with Crippen molar-refractivity contribution in [1.82, 2.24) is 0 Å². The molecule has 17 heavy (non-hydrogen) atoms. The topological polar surface area (TPSA) is 44.8 Å². The van der Waals surface area contributed by atoms with Crippen LogP contribution in [0.1, 0.15) is 12.0 Å². The number of carbonyl (C=O) groups excluding carboxylic acids is 1. The number of ether oxygens (including phenoxy) is 3. The molecule has 0 atom stereocenters. The third kappa shape index (κ3) is 2.91. The second kappa shape index (κ2) is 5.26. The van der Waals surface area contributed by atoms with Crippen LogP contribution >= 0.6 is 0 Å². The summed E-state index contributed by atoms with van der Waals surface area (Å²) in [6.07, 6.45) is 0.0882. The summed E-state index contributed by atoms with van der Waals surface area (Å²) in [6, 6.07) is 5.45. The number of esters is 1. The number of carbonyl (C=O) groups is 1. The Morgan fingerprint density at radius 1 is 1.35 bits per heavy atom. The predicted octanol–water partition coefficient (Wildman–Crippen LogP) is 1.37. The highest BCUT2D eigenvalue weighted by Crippen LogP contribution is 2.30. The third-order valence-corrected chi connectivity index (χ3v) is 2.24. The fraction of sp³-hybridized carbons (Fsp3) is 0.308. The van der Waals surface area contributed by atoms with Crippen LogP contribution in [0.15, 0.2) is 18.2 Å². The molecule has 1 aliphatic rings. The van der Waals surface area contributed by atoms with E-state index >= 15 is 0 Å². The summed E-state index contributed by atoms with van der Waals surface area (Å²) in [7, 11) is 1.34. The number of hydrogen-bond donors (Lipinski definition) is 0. The van der Waals surface area contributed by atoms with Gasteiger partial charge >= 0.3 is 5.97 Å². The van der Waals surface area contributed by atoms with E-state index < -0.39 is 0 Å². The summed E-state index contributed by atoms with van der Waals surface area (Å²) in [4.78, 5) is 10.9. The molecule has 1 heterocycles. The first-order valence-corrected chi connectivity index (χ1v) is 5.25. The van der Waals surface area contributed by atoms with E-state index in [1.165, 1.54) is 7.11 Å². The smallest absolute Gasteiger partial charge is 0.317 e. The summed E-state index contributed by atoms with van der Waals surface area (Å²) >= 11 is 0. The zero-order chi connectivity index (χ0) is 12.1. The van der Waals surface area contributed by atoms with Crippen LogP contribution in [0.3, 0.4) is 0 Å². The van der Waals surface area contributed by atoms with E-state index in [4.69, 9.17) is 9.47 Å². The lowest BCUT2D eigenvalue weighted by molar-refractivity contribution is -0.139. The zero-order valence-corrected chi connectivity index (χ0v) is 9.49. The maximum Gasteiger partial charge on any atom is 0.317 e. The molecule has 1 aliphatic heterocycles. The fourth-order valence-electron chi connectivity index (χ4n) is 1.41. The molecule has 1 aromatic rings. The summed E-state index contributed by atoms with van der Waals surface area (Å²) < 4.78 is 15.3. The lowest BCUT2D eigenvalue weighted by Crippen LogP contribution is -2.15. The summed E-state index contributed by atoms with van der Waals surface area (Å²) in [5, 5.41) is 0. The lowest BCUT2D eigenvalue weighted by atomic mass is 10.2. The van der Waals surface area contributed by atoms with Crippen LogP contribution in [-0.2, 0) is 9.53 Å². The second-order valence-electron chi connectivity index (χ2n) is 3.41. The summed E-state index contributed by atoms with van der Waals surface area (Å²) in [6.45, 7) is 1.12. The van der Waals surface area contributed by atoms with Gasteiger partial charge in [0.05, 0.1) is 7.11 Å². The van der Waals surface area contributed by atoms with E-state index in [9.17, 15) is 4.79 Å². The number of fused-ring (bicyclic) bond motifs is 1. The Hall–Kier alpha value is -2.15. The molecule has 0 bridgehead atoms. The number of hydrogen-bond acceptors (Lipinski definition) is 4. The maximum absolute atomic E-state index is 10.9. The largest absolute Gasteiger partial charge is 0.486 e. The van der Waals surface area contributed by atoms with Crippen LogP contribution in [0.4, 0.5) is 0 Å². The van der Waals surface area contributed by atoms with Gasteiger partial charge in [0.15, 0.2) is 11.5 Å². The van der Waals surface area contributed by atoms with Crippen LogP contribution in [0.25, 0.3) is 0 Å². The molecule has 1 aromatic carbocycles. The minimum Gasteiger partial charge on any atom is -0.486 e. The minimum atomic E-state index is -0.338. The van der Waals surface area contributed by atoms with Gasteiger partial charge in [-0.1, -0.05) is 11.8 Å². The van der Waals surface area contributed by atoms with Crippen molar-refractivity contribution in [3.8, 4) is 23.3 Å². The molecule has 0 aliphatic carbocycles. The summed E-state index contributed by atoms with van der Waals surface area (Å²) in [5.74, 6) is 6.70. The Kier molecular flexibility index (Phi) is 3.51. The van der Waals surface area contributed by atoms with Gasteiger partial charge in [-0.05, 0) is 18.2 Å². The van der Waals surface area contributed by atoms with Crippen molar-refractivity contribution in [2.75, 3.05) is 20.3 Å². The Morgan fingerprint density at radius 2 is 2.12 bits per heavy atom. The molecule has 0 N–H and O–H groups in total. The van der Waals surface area contributed by atoms with Crippen molar-refractivity contribution in [3.05, 3.63) is 23.8 Å². The van der Waals surface area contributed by atoms with Gasteiger partial charge in [-0.3, -0.25) is 4.79 Å². The molecule has 4 nitrogen and oxygen atoms in total. The molecule has 0 fully saturated rings. The van der Waals surface area contributed by atoms with Crippen molar-refractivity contribution in [2.24, 2.45) is 0 Å². The Morgan fingerprint density at radius 3 is 2.88 bits per heavy atom. The van der Waals surface area contributed by atoms with Gasteiger partial charge in [-0.15, -0.1) is 0 Å². The second-order valence-corrected chi connectivity index (χ2v) is 3.41. The first-order valence-electron chi connectivity index (χ1n) is 5.25. The van der Waals surface area contributed by atoms with Gasteiger partial charge in [0.1, 0.15) is 19.6 Å². The molecule has 0 unspecified atom stereocenters. The van der Waals surface area contributed by atoms with E-state index in [0.717, 1.165) is 11.3 Å². The van der Waals surface area contributed by atoms with Gasteiger partial charge in [0.2, 0.25) is 0 Å². The van der Waals surface area contributed by atoms with E-state index in [2.05, 4.69) is 16.6 Å². The van der Waals surface area contributed by atoms with Gasteiger partial charge in [-0.25, -0.2) is 0 Å². The molecule has 88 valence electrons. The highest BCUT2D eigenvalue weighted by atomic mass is 16.6. The van der Waals surface area contributed by atoms with Crippen LogP contribution in [0.5, 0.6) is 11.5 Å². The quantitative estimate of drug-likeness (QED) is 0.542. The predicted molar refractivity (Wildman–Crippen MR) is 60.9 cm³/mol. The normalized spacial score (nSPS) is 12.3. The lowest BCUT2D eigenvalue weighted by Gasteiger charge is -2.17. The monoisotopic (exact) mass is 232 g/mol. The third-order valence-electron chi connectivity index (χ3n) is 2.24. The van der Waals surface area contributed by atoms with Crippen molar-refractivity contribution >= 4 is 5.97 Å². The molecular formula is C13H12O4. The van der Waals surface area contributed by atoms with Crippen LogP contribution in [0.2, 0.25) is 0 Å². The van der Waals surface area contributed by atoms with Gasteiger partial charge < -0.3 is 14.2 Å². The molecule has 0 saturated carbocycles. The standard InChI is InChI=1S/C13H12O4/c1-15-13(14)4-2-3-10-5-6-11-12(9-10)17-8-7-16-11/h5-6,9H,4,7-8H2,1H3. The molecular weight excluding hydrogens is 220 g/mol. The van der Waals surface area contributed by atoms with Gasteiger partial charge in [0, 0.05) is 5.56 Å². The Balaban J connectivity index is 2.09. The highest BCUT2D eigenvalue weighted by Gasteiger charge is 2.10. The average Bonchev–Trinajstić information content (AvgIpc) is 2.38. The van der Waals surface area contributed by atoms with Gasteiger partial charge in [0.25, 0.3) is 0 Å². The SMILES string of the molecule is COC(=O)CC#Cc1ccc2c(c1)OCCO2. The summed E-state index contributed by atoms with van der Waals surface area (Å²) in [5.41, 5.74) is 0.790. The molecule has 0 spiro atoms. The highest BCUT2D eigenvalue weighted by molar-refractivity contribution is 5.72. The molecule has 2 rings (SSSR count). The molecule has 0 aromatic heterocycles. The zero-order valence-electron chi connectivity index (χ0n) is 9.49. The fourth-order valence-corrected chi connectivity index (χ4v) is 1.41. The van der Waals surface area contributed by atoms with Crippen molar-refractivity contribution in [1.29, 1.82) is 0 Å². The van der Waals surface area contributed by atoms with Crippen molar-refractivity contribution in [2.45, 2.75) is 6.42 Å². The number of benzene rings is 1. The van der Waals surface area contributed by atoms with Crippen molar-refractivity contribution in [3.63, 3.8) is 0 Å². The van der Waals surface area contributed by atoms with Crippen LogP contribution in [0, 0.1) is 11.8 Å². The van der Waals surface area contributed by atoms with E-state index in [1.807, 2.05) is 12.1 Å². The first-order chi connectivity index (χ1) is 8.29.